The third-order valence-electron chi connectivity index (χ3n) is 2.43. The van der Waals surface area contributed by atoms with E-state index in [0.29, 0.717) is 11.5 Å². The van der Waals surface area contributed by atoms with Crippen molar-refractivity contribution in [1.29, 1.82) is 5.26 Å². The van der Waals surface area contributed by atoms with Crippen molar-refractivity contribution in [2.45, 2.75) is 33.1 Å². The number of hydrogen-bond donors (Lipinski definition) is 1. The summed E-state index contributed by atoms with van der Waals surface area (Å²) >= 11 is 0. The Kier molecular flexibility index (Phi) is 3.14. The summed E-state index contributed by atoms with van der Waals surface area (Å²) < 4.78 is 0. The Morgan fingerprint density at radius 3 is 2.50 bits per heavy atom. The van der Waals surface area contributed by atoms with E-state index in [-0.39, 0.29) is 0 Å². The molecule has 0 saturated heterocycles. The van der Waals surface area contributed by atoms with Crippen LogP contribution in [0.2, 0.25) is 0 Å². The van der Waals surface area contributed by atoms with Gasteiger partial charge in [0.05, 0.1) is 11.6 Å². The molecule has 0 bridgehead atoms. The van der Waals surface area contributed by atoms with Crippen molar-refractivity contribution in [3.63, 3.8) is 0 Å². The molecule has 0 aliphatic heterocycles. The second-order valence-electron chi connectivity index (χ2n) is 3.76. The molecule has 0 aliphatic carbocycles. The molecule has 2 nitrogen and oxygen atoms in total. The molecular weight excluding hydrogens is 172 g/mol. The first-order valence-corrected chi connectivity index (χ1v) is 4.92. The summed E-state index contributed by atoms with van der Waals surface area (Å²) in [5.74, 6) is 0.369. The van der Waals surface area contributed by atoms with Gasteiger partial charge >= 0.3 is 0 Å². The number of nitrogens with zero attached hydrogens (tertiary/aromatic N) is 1. The van der Waals surface area contributed by atoms with Gasteiger partial charge in [0.2, 0.25) is 0 Å². The molecule has 1 rings (SSSR count). The largest absolute Gasteiger partial charge is 0.398 e. The number of nitrogen functional groups attached to an aromatic ring is 1. The highest BCUT2D eigenvalue weighted by molar-refractivity contribution is 5.58. The second kappa shape index (κ2) is 4.15. The van der Waals surface area contributed by atoms with Crippen LogP contribution in [0.3, 0.4) is 0 Å². The molecule has 0 atom stereocenters. The van der Waals surface area contributed by atoms with E-state index in [2.05, 4.69) is 26.8 Å². The number of aryl methyl sites for hydroxylation is 1. The molecule has 74 valence electrons. The van der Waals surface area contributed by atoms with E-state index >= 15 is 0 Å². The van der Waals surface area contributed by atoms with Gasteiger partial charge in [-0.1, -0.05) is 20.8 Å². The molecule has 0 spiro atoms. The molecule has 0 amide bonds. The molecule has 0 radical (unpaired) electrons. The molecular formula is C12H16N2. The molecule has 0 saturated carbocycles. The average molecular weight is 188 g/mol. The summed E-state index contributed by atoms with van der Waals surface area (Å²) in [4.78, 5) is 0. The molecule has 0 unspecified atom stereocenters. The maximum atomic E-state index is 8.86. The fraction of sp³-hybridized carbons (Fsp3) is 0.417. The van der Waals surface area contributed by atoms with Gasteiger partial charge in [0.25, 0.3) is 0 Å². The predicted molar refractivity (Wildman–Crippen MR) is 59.0 cm³/mol. The molecule has 14 heavy (non-hydrogen) atoms. The number of anilines is 1. The highest BCUT2D eigenvalue weighted by Crippen LogP contribution is 2.27. The summed E-state index contributed by atoms with van der Waals surface area (Å²) in [6.07, 6.45) is 0.876. The van der Waals surface area contributed by atoms with E-state index in [9.17, 15) is 0 Å². The minimum atomic E-state index is 0.369. The lowest BCUT2D eigenvalue weighted by Gasteiger charge is -2.13. The van der Waals surface area contributed by atoms with Crippen molar-refractivity contribution in [1.82, 2.24) is 0 Å². The van der Waals surface area contributed by atoms with Gasteiger partial charge in [-0.25, -0.2) is 0 Å². The first kappa shape index (κ1) is 10.6. The smallest absolute Gasteiger partial charge is 0.0991 e. The standard InChI is InChI=1S/C12H16N2/c1-4-10-5-9(7-13)6-11(8(2)3)12(10)14/h5-6,8H,4,14H2,1-3H3. The van der Waals surface area contributed by atoms with Gasteiger partial charge in [-0.05, 0) is 35.6 Å². The summed E-state index contributed by atoms with van der Waals surface area (Å²) in [7, 11) is 0. The van der Waals surface area contributed by atoms with Gasteiger partial charge in [-0.15, -0.1) is 0 Å². The fourth-order valence-electron chi connectivity index (χ4n) is 1.57. The lowest BCUT2D eigenvalue weighted by atomic mass is 9.94. The Balaban J connectivity index is 3.36. The summed E-state index contributed by atoms with van der Waals surface area (Å²) in [6.45, 7) is 6.23. The van der Waals surface area contributed by atoms with E-state index in [4.69, 9.17) is 11.0 Å². The van der Waals surface area contributed by atoms with E-state index in [1.807, 2.05) is 12.1 Å². The van der Waals surface area contributed by atoms with E-state index < -0.39 is 0 Å². The summed E-state index contributed by atoms with van der Waals surface area (Å²) in [5.41, 5.74) is 9.73. The van der Waals surface area contributed by atoms with Gasteiger partial charge in [0.15, 0.2) is 0 Å². The maximum absolute atomic E-state index is 8.86. The number of nitrogens with two attached hydrogens (primary N) is 1. The van der Waals surface area contributed by atoms with Crippen LogP contribution in [0.5, 0.6) is 0 Å². The summed E-state index contributed by atoms with van der Waals surface area (Å²) in [5, 5.41) is 8.86. The van der Waals surface area contributed by atoms with Crippen LogP contribution in [0.4, 0.5) is 5.69 Å². The Morgan fingerprint density at radius 2 is 2.07 bits per heavy atom. The SMILES string of the molecule is CCc1cc(C#N)cc(C(C)C)c1N. The first-order valence-electron chi connectivity index (χ1n) is 4.92. The van der Waals surface area contributed by atoms with E-state index in [1.165, 1.54) is 0 Å². The zero-order chi connectivity index (χ0) is 10.7. The molecule has 0 fully saturated rings. The lowest BCUT2D eigenvalue weighted by Crippen LogP contribution is -2.02. The van der Waals surface area contributed by atoms with Crippen LogP contribution in [0.15, 0.2) is 12.1 Å². The van der Waals surface area contributed by atoms with Crippen LogP contribution in [-0.2, 0) is 6.42 Å². The van der Waals surface area contributed by atoms with Crippen LogP contribution in [-0.4, -0.2) is 0 Å². The minimum absolute atomic E-state index is 0.369. The molecule has 0 aliphatic rings. The highest BCUT2D eigenvalue weighted by Gasteiger charge is 2.09. The third kappa shape index (κ3) is 1.88. The van der Waals surface area contributed by atoms with Crippen LogP contribution in [0.25, 0.3) is 0 Å². The third-order valence-corrected chi connectivity index (χ3v) is 2.43. The Hall–Kier alpha value is -1.49. The monoisotopic (exact) mass is 188 g/mol. The molecule has 2 heteroatoms. The summed E-state index contributed by atoms with van der Waals surface area (Å²) in [6, 6.07) is 5.93. The number of nitriles is 1. The van der Waals surface area contributed by atoms with Crippen molar-refractivity contribution in [2.24, 2.45) is 0 Å². The van der Waals surface area contributed by atoms with Crippen molar-refractivity contribution >= 4 is 5.69 Å². The van der Waals surface area contributed by atoms with E-state index in [0.717, 1.165) is 23.2 Å². The zero-order valence-electron chi connectivity index (χ0n) is 8.96. The van der Waals surface area contributed by atoms with Gasteiger partial charge in [-0.2, -0.15) is 5.26 Å². The average Bonchev–Trinajstić information content (AvgIpc) is 2.17. The van der Waals surface area contributed by atoms with Crippen molar-refractivity contribution in [3.05, 3.63) is 28.8 Å². The van der Waals surface area contributed by atoms with Crippen LogP contribution >= 0.6 is 0 Å². The zero-order valence-corrected chi connectivity index (χ0v) is 8.96. The van der Waals surface area contributed by atoms with Crippen molar-refractivity contribution in [2.75, 3.05) is 5.73 Å². The lowest BCUT2D eigenvalue weighted by molar-refractivity contribution is 0.865. The fourth-order valence-corrected chi connectivity index (χ4v) is 1.57. The topological polar surface area (TPSA) is 49.8 Å². The van der Waals surface area contributed by atoms with Gasteiger partial charge in [0, 0.05) is 5.69 Å². The van der Waals surface area contributed by atoms with Crippen LogP contribution in [0, 0.1) is 11.3 Å². The normalized spacial score (nSPS) is 10.2. The first-order chi connectivity index (χ1) is 6.60. The Morgan fingerprint density at radius 1 is 1.43 bits per heavy atom. The van der Waals surface area contributed by atoms with E-state index in [1.54, 1.807) is 0 Å². The van der Waals surface area contributed by atoms with Crippen molar-refractivity contribution < 1.29 is 0 Å². The van der Waals surface area contributed by atoms with Gasteiger partial charge in [0.1, 0.15) is 0 Å². The minimum Gasteiger partial charge on any atom is -0.398 e. The van der Waals surface area contributed by atoms with Crippen LogP contribution in [0.1, 0.15) is 43.4 Å². The van der Waals surface area contributed by atoms with Gasteiger partial charge < -0.3 is 5.73 Å². The molecule has 0 heterocycles. The molecule has 2 N–H and O–H groups in total. The molecule has 1 aromatic carbocycles. The van der Waals surface area contributed by atoms with Crippen molar-refractivity contribution in [3.8, 4) is 6.07 Å². The maximum Gasteiger partial charge on any atom is 0.0991 e. The highest BCUT2D eigenvalue weighted by atomic mass is 14.6. The number of rotatable bonds is 2. The number of benzene rings is 1. The Bertz CT molecular complexity index is 373. The predicted octanol–water partition coefficient (Wildman–Crippen LogP) is 2.83. The second-order valence-corrected chi connectivity index (χ2v) is 3.76. The van der Waals surface area contributed by atoms with Gasteiger partial charge in [-0.3, -0.25) is 0 Å². The Labute approximate surface area is 85.4 Å². The molecule has 1 aromatic rings. The van der Waals surface area contributed by atoms with Crippen LogP contribution < -0.4 is 5.73 Å². The quantitative estimate of drug-likeness (QED) is 0.725. The number of hydrogen-bond acceptors (Lipinski definition) is 2. The molecule has 0 aromatic heterocycles.